The maximum absolute atomic E-state index is 15.1. The Bertz CT molecular complexity index is 1880. The van der Waals surface area contributed by atoms with Gasteiger partial charge in [0.05, 0.1) is 30.0 Å². The monoisotopic (exact) mass is 679 g/mol. The Hall–Kier alpha value is -5.07. The Balaban J connectivity index is 0.952. The number of anilines is 2. The Kier molecular flexibility index (Phi) is 9.39. The van der Waals surface area contributed by atoms with Crippen molar-refractivity contribution in [2.24, 2.45) is 0 Å². The molecule has 2 aliphatic heterocycles. The predicted molar refractivity (Wildman–Crippen MR) is 188 cm³/mol. The van der Waals surface area contributed by atoms with Crippen LogP contribution >= 0.6 is 0 Å². The lowest BCUT2D eigenvalue weighted by molar-refractivity contribution is -0.0231. The number of ether oxygens (including phenoxy) is 1. The van der Waals surface area contributed by atoms with Crippen LogP contribution in [0, 0.1) is 5.82 Å². The van der Waals surface area contributed by atoms with Crippen LogP contribution in [0.5, 0.6) is 0 Å². The second-order valence-electron chi connectivity index (χ2n) is 13.4. The van der Waals surface area contributed by atoms with Gasteiger partial charge in [-0.3, -0.25) is 24.3 Å². The summed E-state index contributed by atoms with van der Waals surface area (Å²) in [5.41, 5.74) is 5.16. The minimum absolute atomic E-state index is 0.161. The molecule has 0 bridgehead atoms. The zero-order chi connectivity index (χ0) is 34.8. The van der Waals surface area contributed by atoms with Gasteiger partial charge in [-0.2, -0.15) is 0 Å². The van der Waals surface area contributed by atoms with Crippen molar-refractivity contribution in [1.82, 2.24) is 24.7 Å². The average Bonchev–Trinajstić information content (AvgIpc) is 3.56. The van der Waals surface area contributed by atoms with Gasteiger partial charge in [0.1, 0.15) is 11.5 Å². The van der Waals surface area contributed by atoms with E-state index in [1.807, 2.05) is 60.7 Å². The van der Waals surface area contributed by atoms with Crippen LogP contribution in [0.4, 0.5) is 15.8 Å². The second kappa shape index (κ2) is 14.0. The normalized spacial score (nSPS) is 16.7. The van der Waals surface area contributed by atoms with E-state index in [1.165, 1.54) is 17.2 Å². The molecule has 1 spiro atoms. The zero-order valence-electron chi connectivity index (χ0n) is 28.5. The summed E-state index contributed by atoms with van der Waals surface area (Å²) in [5.74, 6) is -1.12. The standard InChI is InChI=1S/C38H42FN7O4/c1-43(2)37(49)28-22-31(39)32(40-24-28)25-45-16-17-46-33(12-13-34(46)38(45)14-3-15-38)36(48)41-23-26-4-8-29(9-5-26)42-35(47)27-6-10-30(11-7-27)44-18-20-50-21-19-44/h4-13,22,24H,3,14-21,23,25H2,1-2H3,(H,41,48)(H,42,47). The summed E-state index contributed by atoms with van der Waals surface area (Å²) in [7, 11) is 3.25. The Morgan fingerprint density at radius 2 is 1.64 bits per heavy atom. The molecule has 2 aromatic heterocycles. The van der Waals surface area contributed by atoms with E-state index in [1.54, 1.807) is 14.1 Å². The number of carbonyl (C=O) groups is 3. The van der Waals surface area contributed by atoms with Crippen LogP contribution in [0.15, 0.2) is 72.9 Å². The summed E-state index contributed by atoms with van der Waals surface area (Å²) in [5, 5.41) is 6.00. The number of pyridine rings is 1. The fourth-order valence-corrected chi connectivity index (χ4v) is 7.19. The van der Waals surface area contributed by atoms with E-state index >= 15 is 4.39 Å². The number of aromatic nitrogens is 2. The van der Waals surface area contributed by atoms with E-state index in [0.29, 0.717) is 62.0 Å². The quantitative estimate of drug-likeness (QED) is 0.265. The first-order valence-corrected chi connectivity index (χ1v) is 17.1. The van der Waals surface area contributed by atoms with Gasteiger partial charge in [-0.05, 0) is 79.4 Å². The molecule has 3 amide bonds. The second-order valence-corrected chi connectivity index (χ2v) is 13.4. The largest absolute Gasteiger partial charge is 0.378 e. The van der Waals surface area contributed by atoms with E-state index < -0.39 is 5.82 Å². The molecule has 1 aliphatic carbocycles. The Morgan fingerprint density at radius 1 is 0.900 bits per heavy atom. The Morgan fingerprint density at radius 3 is 2.30 bits per heavy atom. The lowest BCUT2D eigenvalue weighted by Gasteiger charge is -2.53. The maximum Gasteiger partial charge on any atom is 0.268 e. The number of nitrogens with zero attached hydrogens (tertiary/aromatic N) is 5. The zero-order valence-corrected chi connectivity index (χ0v) is 28.5. The molecule has 0 unspecified atom stereocenters. The fraction of sp³-hybridized carbons (Fsp3) is 0.368. The van der Waals surface area contributed by atoms with Crippen LogP contribution in [-0.4, -0.2) is 84.0 Å². The number of hydrogen-bond acceptors (Lipinski definition) is 7. The van der Waals surface area contributed by atoms with Crippen LogP contribution < -0.4 is 15.5 Å². The van der Waals surface area contributed by atoms with Crippen molar-refractivity contribution in [1.29, 1.82) is 0 Å². The van der Waals surface area contributed by atoms with Gasteiger partial charge in [-0.25, -0.2) is 4.39 Å². The molecule has 7 rings (SSSR count). The molecule has 260 valence electrons. The number of rotatable bonds is 9. The van der Waals surface area contributed by atoms with Gasteiger partial charge in [-0.15, -0.1) is 0 Å². The molecule has 4 heterocycles. The van der Waals surface area contributed by atoms with Crippen LogP contribution in [0.25, 0.3) is 0 Å². The number of morpholine rings is 1. The molecule has 2 aromatic carbocycles. The minimum atomic E-state index is -0.488. The van der Waals surface area contributed by atoms with Crippen molar-refractivity contribution in [3.8, 4) is 0 Å². The van der Waals surface area contributed by atoms with Gasteiger partial charge in [0, 0.05) is 82.2 Å². The third kappa shape index (κ3) is 6.60. The van der Waals surface area contributed by atoms with E-state index in [2.05, 4.69) is 30.0 Å². The van der Waals surface area contributed by atoms with Crippen LogP contribution in [0.1, 0.15) is 67.4 Å². The van der Waals surface area contributed by atoms with Gasteiger partial charge in [0.15, 0.2) is 0 Å². The molecule has 11 nitrogen and oxygen atoms in total. The molecule has 12 heteroatoms. The number of benzene rings is 2. The molecule has 0 radical (unpaired) electrons. The molecular formula is C38H42FN7O4. The van der Waals surface area contributed by atoms with E-state index in [0.717, 1.165) is 49.3 Å². The summed E-state index contributed by atoms with van der Waals surface area (Å²) in [4.78, 5) is 48.8. The average molecular weight is 680 g/mol. The number of hydrogen-bond donors (Lipinski definition) is 2. The molecule has 0 atom stereocenters. The van der Waals surface area contributed by atoms with Crippen LogP contribution in [0.2, 0.25) is 0 Å². The fourth-order valence-electron chi connectivity index (χ4n) is 7.19. The topological polar surface area (TPSA) is 112 Å². The van der Waals surface area contributed by atoms with Crippen molar-refractivity contribution in [3.63, 3.8) is 0 Å². The third-order valence-corrected chi connectivity index (χ3v) is 10.2. The van der Waals surface area contributed by atoms with Crippen LogP contribution in [-0.2, 0) is 29.9 Å². The SMILES string of the molecule is CN(C)C(=O)c1cnc(CN2CCn3c(C(=O)NCc4ccc(NC(=O)c5ccc(N6CCOCC6)cc5)cc4)ccc3C23CCC3)c(F)c1. The molecule has 2 N–H and O–H groups in total. The number of fused-ring (bicyclic) bond motifs is 2. The number of amides is 3. The predicted octanol–water partition coefficient (Wildman–Crippen LogP) is 4.64. The number of nitrogens with one attached hydrogen (secondary N) is 2. The summed E-state index contributed by atoms with van der Waals surface area (Å²) < 4.78 is 22.6. The molecule has 1 saturated heterocycles. The van der Waals surface area contributed by atoms with Crippen LogP contribution in [0.3, 0.4) is 0 Å². The first-order valence-electron chi connectivity index (χ1n) is 17.1. The Labute approximate surface area is 291 Å². The molecular weight excluding hydrogens is 637 g/mol. The van der Waals surface area contributed by atoms with Crippen molar-refractivity contribution >= 4 is 29.1 Å². The highest BCUT2D eigenvalue weighted by Crippen LogP contribution is 2.49. The minimum Gasteiger partial charge on any atom is -0.378 e. The first-order chi connectivity index (χ1) is 24.2. The maximum atomic E-state index is 15.1. The van der Waals surface area contributed by atoms with Gasteiger partial charge < -0.3 is 29.7 Å². The van der Waals surface area contributed by atoms with Gasteiger partial charge >= 0.3 is 0 Å². The molecule has 4 aromatic rings. The summed E-state index contributed by atoms with van der Waals surface area (Å²) in [6.07, 6.45) is 4.32. The lowest BCUT2D eigenvalue weighted by Crippen LogP contribution is -2.56. The van der Waals surface area contributed by atoms with Crippen molar-refractivity contribution < 1.29 is 23.5 Å². The summed E-state index contributed by atoms with van der Waals surface area (Å²) in [6.45, 7) is 5.00. The smallest absolute Gasteiger partial charge is 0.268 e. The number of halogens is 1. The van der Waals surface area contributed by atoms with E-state index in [4.69, 9.17) is 4.74 Å². The highest BCUT2D eigenvalue weighted by atomic mass is 19.1. The number of carbonyl (C=O) groups excluding carboxylic acids is 3. The summed E-state index contributed by atoms with van der Waals surface area (Å²) >= 11 is 0. The molecule has 3 aliphatic rings. The van der Waals surface area contributed by atoms with Crippen molar-refractivity contribution in [3.05, 3.63) is 113 Å². The molecule has 50 heavy (non-hydrogen) atoms. The first kappa shape index (κ1) is 33.4. The van der Waals surface area contributed by atoms with Gasteiger partial charge in [0.2, 0.25) is 0 Å². The van der Waals surface area contributed by atoms with Crippen molar-refractivity contribution in [2.75, 3.05) is 57.2 Å². The van der Waals surface area contributed by atoms with Gasteiger partial charge in [0.25, 0.3) is 17.7 Å². The summed E-state index contributed by atoms with van der Waals surface area (Å²) in [6, 6.07) is 20.2. The highest BCUT2D eigenvalue weighted by molar-refractivity contribution is 6.04. The highest BCUT2D eigenvalue weighted by Gasteiger charge is 2.48. The molecule has 1 saturated carbocycles. The molecule has 2 fully saturated rings. The third-order valence-electron chi connectivity index (χ3n) is 10.2. The van der Waals surface area contributed by atoms with Crippen molar-refractivity contribution in [2.45, 2.75) is 44.4 Å². The van der Waals surface area contributed by atoms with E-state index in [9.17, 15) is 14.4 Å². The van der Waals surface area contributed by atoms with E-state index in [-0.39, 0.29) is 28.8 Å². The lowest BCUT2D eigenvalue weighted by atomic mass is 9.71. The van der Waals surface area contributed by atoms with Gasteiger partial charge in [-0.1, -0.05) is 12.1 Å².